The molecule has 3 N–H and O–H groups in total. The van der Waals surface area contributed by atoms with E-state index in [1.807, 2.05) is 48.6 Å². The lowest BCUT2D eigenvalue weighted by atomic mass is 10.0. The second-order valence-electron chi connectivity index (χ2n) is 4.13. The van der Waals surface area contributed by atoms with Crippen molar-refractivity contribution >= 4 is 28.4 Å². The van der Waals surface area contributed by atoms with Gasteiger partial charge in [-0.05, 0) is 17.0 Å². The molecule has 3 heteroatoms. The van der Waals surface area contributed by atoms with E-state index in [0.29, 0.717) is 6.54 Å². The Hall–Kier alpha value is -2.29. The molecule has 92 valence electrons. The summed E-state index contributed by atoms with van der Waals surface area (Å²) >= 11 is 0. The summed E-state index contributed by atoms with van der Waals surface area (Å²) in [6, 6.07) is 11.9. The normalized spacial score (nSPS) is 10.9. The van der Waals surface area contributed by atoms with Crippen molar-refractivity contribution in [1.29, 1.82) is 0 Å². The molecule has 0 unspecified atom stereocenters. The van der Waals surface area contributed by atoms with E-state index in [4.69, 9.17) is 5.73 Å². The molecule has 0 radical (unpaired) electrons. The second kappa shape index (κ2) is 5.36. The van der Waals surface area contributed by atoms with Crippen LogP contribution in [0.2, 0.25) is 0 Å². The Morgan fingerprint density at radius 1 is 1.22 bits per heavy atom. The summed E-state index contributed by atoms with van der Waals surface area (Å²) in [5.41, 5.74) is 7.82. The van der Waals surface area contributed by atoms with E-state index in [9.17, 15) is 4.79 Å². The van der Waals surface area contributed by atoms with Crippen molar-refractivity contribution < 1.29 is 4.79 Å². The van der Waals surface area contributed by atoms with Crippen LogP contribution in [0, 0.1) is 0 Å². The summed E-state index contributed by atoms with van der Waals surface area (Å²) in [6.07, 6.45) is 3.93. The van der Waals surface area contributed by atoms with E-state index in [1.54, 1.807) is 0 Å². The van der Waals surface area contributed by atoms with Crippen LogP contribution in [0.4, 0.5) is 5.69 Å². The summed E-state index contributed by atoms with van der Waals surface area (Å²) in [5.74, 6) is -0.0261. The van der Waals surface area contributed by atoms with Crippen molar-refractivity contribution in [3.8, 4) is 0 Å². The zero-order valence-electron chi connectivity index (χ0n) is 10.3. The van der Waals surface area contributed by atoms with E-state index in [2.05, 4.69) is 5.32 Å². The molecule has 0 aliphatic carbocycles. The monoisotopic (exact) mass is 240 g/mol. The highest BCUT2D eigenvalue weighted by Crippen LogP contribution is 2.24. The first-order chi connectivity index (χ1) is 8.68. The SMILES string of the molecule is CC(=O)NCC=Cc1cccc2c(N)cccc12. The van der Waals surface area contributed by atoms with Crippen LogP contribution in [0.1, 0.15) is 12.5 Å². The van der Waals surface area contributed by atoms with Gasteiger partial charge in [0.15, 0.2) is 0 Å². The first-order valence-corrected chi connectivity index (χ1v) is 5.86. The average molecular weight is 240 g/mol. The van der Waals surface area contributed by atoms with Crippen LogP contribution in [0.3, 0.4) is 0 Å². The third kappa shape index (κ3) is 2.69. The second-order valence-corrected chi connectivity index (χ2v) is 4.13. The zero-order chi connectivity index (χ0) is 13.0. The molecule has 0 spiro atoms. The molecule has 0 aromatic heterocycles. The molecular formula is C15H16N2O. The van der Waals surface area contributed by atoms with Crippen LogP contribution in [0.25, 0.3) is 16.8 Å². The highest BCUT2D eigenvalue weighted by Gasteiger charge is 1.99. The highest BCUT2D eigenvalue weighted by atomic mass is 16.1. The van der Waals surface area contributed by atoms with Gasteiger partial charge in [-0.25, -0.2) is 0 Å². The van der Waals surface area contributed by atoms with Crippen LogP contribution in [0.15, 0.2) is 42.5 Å². The van der Waals surface area contributed by atoms with Gasteiger partial charge >= 0.3 is 0 Å². The number of fused-ring (bicyclic) bond motifs is 1. The number of carbonyl (C=O) groups excluding carboxylic acids is 1. The van der Waals surface area contributed by atoms with Crippen molar-refractivity contribution in [1.82, 2.24) is 5.32 Å². The predicted molar refractivity (Wildman–Crippen MR) is 76.1 cm³/mol. The number of benzene rings is 2. The van der Waals surface area contributed by atoms with Crippen molar-refractivity contribution in [3.05, 3.63) is 48.0 Å². The number of amides is 1. The number of hydrogen-bond acceptors (Lipinski definition) is 2. The molecular weight excluding hydrogens is 224 g/mol. The van der Waals surface area contributed by atoms with E-state index in [0.717, 1.165) is 22.0 Å². The Balaban J connectivity index is 2.28. The molecule has 2 aromatic rings. The van der Waals surface area contributed by atoms with E-state index in [1.165, 1.54) is 6.92 Å². The number of anilines is 1. The highest BCUT2D eigenvalue weighted by molar-refractivity contribution is 5.97. The molecule has 0 heterocycles. The zero-order valence-corrected chi connectivity index (χ0v) is 10.3. The lowest BCUT2D eigenvalue weighted by Crippen LogP contribution is -2.19. The smallest absolute Gasteiger partial charge is 0.217 e. The number of nitrogens with two attached hydrogens (primary N) is 1. The Kier molecular flexibility index (Phi) is 3.63. The first kappa shape index (κ1) is 12.2. The molecule has 0 saturated heterocycles. The number of nitrogen functional groups attached to an aromatic ring is 1. The molecule has 2 rings (SSSR count). The fourth-order valence-electron chi connectivity index (χ4n) is 1.89. The van der Waals surface area contributed by atoms with Gasteiger partial charge in [0.25, 0.3) is 0 Å². The van der Waals surface area contributed by atoms with Gasteiger partial charge in [-0.2, -0.15) is 0 Å². The maximum absolute atomic E-state index is 10.8. The van der Waals surface area contributed by atoms with Gasteiger partial charge in [0.05, 0.1) is 0 Å². The van der Waals surface area contributed by atoms with Gasteiger partial charge in [-0.3, -0.25) is 4.79 Å². The van der Waals surface area contributed by atoms with Gasteiger partial charge in [0.1, 0.15) is 0 Å². The fourth-order valence-corrected chi connectivity index (χ4v) is 1.89. The predicted octanol–water partition coefficient (Wildman–Crippen LogP) is 2.57. The lowest BCUT2D eigenvalue weighted by molar-refractivity contribution is -0.118. The topological polar surface area (TPSA) is 55.1 Å². The molecule has 0 aliphatic heterocycles. The van der Waals surface area contributed by atoms with Crippen LogP contribution in [-0.4, -0.2) is 12.5 Å². The number of nitrogens with one attached hydrogen (secondary N) is 1. The number of rotatable bonds is 3. The minimum absolute atomic E-state index is 0.0261. The lowest BCUT2D eigenvalue weighted by Gasteiger charge is -2.04. The summed E-state index contributed by atoms with van der Waals surface area (Å²) in [5, 5.41) is 4.90. The number of hydrogen-bond donors (Lipinski definition) is 2. The molecule has 0 atom stereocenters. The van der Waals surface area contributed by atoms with Gasteiger partial charge < -0.3 is 11.1 Å². The number of carbonyl (C=O) groups is 1. The molecule has 1 amide bonds. The summed E-state index contributed by atoms with van der Waals surface area (Å²) < 4.78 is 0. The Morgan fingerprint density at radius 3 is 2.72 bits per heavy atom. The molecule has 0 fully saturated rings. The van der Waals surface area contributed by atoms with Gasteiger partial charge in [0, 0.05) is 24.5 Å². The quantitative estimate of drug-likeness (QED) is 0.810. The minimum atomic E-state index is -0.0261. The summed E-state index contributed by atoms with van der Waals surface area (Å²) in [7, 11) is 0. The van der Waals surface area contributed by atoms with E-state index >= 15 is 0 Å². The van der Waals surface area contributed by atoms with Gasteiger partial charge in [-0.15, -0.1) is 0 Å². The van der Waals surface area contributed by atoms with Crippen molar-refractivity contribution in [3.63, 3.8) is 0 Å². The average Bonchev–Trinajstić information content (AvgIpc) is 2.35. The summed E-state index contributed by atoms with van der Waals surface area (Å²) in [6.45, 7) is 2.04. The Bertz CT molecular complexity index is 602. The minimum Gasteiger partial charge on any atom is -0.398 e. The van der Waals surface area contributed by atoms with Crippen molar-refractivity contribution in [2.45, 2.75) is 6.92 Å². The van der Waals surface area contributed by atoms with Crippen LogP contribution < -0.4 is 11.1 Å². The third-order valence-electron chi connectivity index (χ3n) is 2.76. The van der Waals surface area contributed by atoms with Crippen molar-refractivity contribution in [2.75, 3.05) is 12.3 Å². The van der Waals surface area contributed by atoms with Crippen LogP contribution in [0.5, 0.6) is 0 Å². The van der Waals surface area contributed by atoms with Gasteiger partial charge in [0.2, 0.25) is 5.91 Å². The van der Waals surface area contributed by atoms with Crippen molar-refractivity contribution in [2.24, 2.45) is 0 Å². The fraction of sp³-hybridized carbons (Fsp3) is 0.133. The largest absolute Gasteiger partial charge is 0.398 e. The Labute approximate surface area is 106 Å². The maximum atomic E-state index is 10.8. The Morgan fingerprint density at radius 2 is 1.94 bits per heavy atom. The van der Waals surface area contributed by atoms with E-state index < -0.39 is 0 Å². The van der Waals surface area contributed by atoms with Gasteiger partial charge in [-0.1, -0.05) is 42.5 Å². The molecule has 3 nitrogen and oxygen atoms in total. The third-order valence-corrected chi connectivity index (χ3v) is 2.76. The van der Waals surface area contributed by atoms with Crippen LogP contribution >= 0.6 is 0 Å². The first-order valence-electron chi connectivity index (χ1n) is 5.86. The molecule has 2 aromatic carbocycles. The summed E-state index contributed by atoms with van der Waals surface area (Å²) in [4.78, 5) is 10.8. The maximum Gasteiger partial charge on any atom is 0.217 e. The molecule has 0 saturated carbocycles. The standard InChI is InChI=1S/C15H16N2O/c1-11(18)17-10-4-6-12-5-2-8-14-13(12)7-3-9-15(14)16/h2-9H,10,16H2,1H3,(H,17,18). The molecule has 18 heavy (non-hydrogen) atoms. The van der Waals surface area contributed by atoms with Crippen LogP contribution in [-0.2, 0) is 4.79 Å². The molecule has 0 aliphatic rings. The van der Waals surface area contributed by atoms with E-state index in [-0.39, 0.29) is 5.91 Å². The molecule has 0 bridgehead atoms.